The Kier molecular flexibility index (Phi) is 8.78. The van der Waals surface area contributed by atoms with Gasteiger partial charge < -0.3 is 14.7 Å². The minimum Gasteiger partial charge on any atom is -0.494 e. The van der Waals surface area contributed by atoms with Crippen LogP contribution in [0, 0.1) is 11.3 Å². The fourth-order valence-electron chi connectivity index (χ4n) is 5.72. The zero-order valence-electron chi connectivity index (χ0n) is 25.6. The standard InChI is InChI=1S/C36H28N6O4S2/c37-20-24-7-4-17-38-31(24)23-12-14-25(15-13-23)46-19-5-11-30-32(34(44)45)40-36(48-30)42-18-16-22-6-3-8-26(27(22)21-42)33(43)41-35-39-28-9-1-2-10-29(28)47-35/h1-4,6-10,12-15,17H,5,11,16,18-19,21H2,(H,44,45)(H,39,41,43). The van der Waals surface area contributed by atoms with Gasteiger partial charge in [-0.2, -0.15) is 5.26 Å². The number of benzene rings is 3. The van der Waals surface area contributed by atoms with E-state index >= 15 is 0 Å². The number of thiazole rings is 2. The van der Waals surface area contributed by atoms with Crippen LogP contribution in [0.1, 0.15) is 48.8 Å². The quantitative estimate of drug-likeness (QED) is 0.144. The Balaban J connectivity index is 1.00. The molecule has 0 radical (unpaired) electrons. The molecule has 2 N–H and O–H groups in total. The van der Waals surface area contributed by atoms with E-state index in [0.29, 0.717) is 76.7 Å². The molecule has 10 nitrogen and oxygen atoms in total. The number of aromatic nitrogens is 3. The lowest BCUT2D eigenvalue weighted by molar-refractivity contribution is 0.0690. The number of amides is 1. The molecular weight excluding hydrogens is 645 g/mol. The van der Waals surface area contributed by atoms with Crippen LogP contribution in [0.2, 0.25) is 0 Å². The summed E-state index contributed by atoms with van der Waals surface area (Å²) in [6, 6.07) is 26.5. The number of carbonyl (C=O) groups excluding carboxylic acids is 1. The maximum atomic E-state index is 13.4. The number of hydrogen-bond acceptors (Lipinski definition) is 10. The number of nitriles is 1. The normalized spacial score (nSPS) is 12.4. The molecule has 0 unspecified atom stereocenters. The molecule has 48 heavy (non-hydrogen) atoms. The highest BCUT2D eigenvalue weighted by Crippen LogP contribution is 2.33. The first-order chi connectivity index (χ1) is 23.5. The van der Waals surface area contributed by atoms with E-state index in [9.17, 15) is 20.0 Å². The maximum Gasteiger partial charge on any atom is 0.355 e. The predicted octanol–water partition coefficient (Wildman–Crippen LogP) is 7.21. The third-order valence-electron chi connectivity index (χ3n) is 8.06. The monoisotopic (exact) mass is 672 g/mol. The average molecular weight is 673 g/mol. The van der Waals surface area contributed by atoms with Crippen molar-refractivity contribution >= 4 is 55.0 Å². The number of carboxylic acid groups (broad SMARTS) is 1. The molecule has 0 saturated heterocycles. The second-order valence-electron chi connectivity index (χ2n) is 11.1. The lowest BCUT2D eigenvalue weighted by Gasteiger charge is -2.29. The van der Waals surface area contributed by atoms with Crippen molar-refractivity contribution in [1.29, 1.82) is 5.26 Å². The number of fused-ring (bicyclic) bond motifs is 2. The number of para-hydroxylation sites is 1. The summed E-state index contributed by atoms with van der Waals surface area (Å²) < 4.78 is 6.93. The van der Waals surface area contributed by atoms with Crippen LogP contribution < -0.4 is 15.0 Å². The molecule has 0 fully saturated rings. The maximum absolute atomic E-state index is 13.4. The highest BCUT2D eigenvalue weighted by Gasteiger charge is 2.26. The fourth-order valence-corrected chi connectivity index (χ4v) is 7.69. The van der Waals surface area contributed by atoms with Crippen molar-refractivity contribution in [3.05, 3.63) is 118 Å². The van der Waals surface area contributed by atoms with Crippen molar-refractivity contribution in [2.75, 3.05) is 23.4 Å². The molecule has 0 atom stereocenters. The van der Waals surface area contributed by atoms with Gasteiger partial charge in [-0.25, -0.2) is 14.8 Å². The van der Waals surface area contributed by atoms with Crippen molar-refractivity contribution in [2.45, 2.75) is 25.8 Å². The summed E-state index contributed by atoms with van der Waals surface area (Å²) in [6.07, 6.45) is 3.46. The van der Waals surface area contributed by atoms with Gasteiger partial charge in [0, 0.05) is 35.3 Å². The Bertz CT molecular complexity index is 2150. The lowest BCUT2D eigenvalue weighted by Crippen LogP contribution is -2.32. The molecule has 0 spiro atoms. The third-order valence-corrected chi connectivity index (χ3v) is 10.2. The summed E-state index contributed by atoms with van der Waals surface area (Å²) in [6.45, 7) is 1.50. The minimum atomic E-state index is -1.07. The minimum absolute atomic E-state index is 0.0515. The first-order valence-electron chi connectivity index (χ1n) is 15.3. The number of anilines is 2. The van der Waals surface area contributed by atoms with Crippen molar-refractivity contribution in [3.63, 3.8) is 0 Å². The van der Waals surface area contributed by atoms with Crippen LogP contribution in [0.15, 0.2) is 85.1 Å². The number of nitrogens with zero attached hydrogens (tertiary/aromatic N) is 5. The van der Waals surface area contributed by atoms with Crippen LogP contribution in [0.3, 0.4) is 0 Å². The molecule has 3 aromatic heterocycles. The smallest absolute Gasteiger partial charge is 0.355 e. The van der Waals surface area contributed by atoms with Gasteiger partial charge in [0.1, 0.15) is 11.8 Å². The second kappa shape index (κ2) is 13.6. The molecule has 4 heterocycles. The Hall–Kier alpha value is -5.64. The van der Waals surface area contributed by atoms with E-state index in [1.807, 2.05) is 66.7 Å². The average Bonchev–Trinajstić information content (AvgIpc) is 3.74. The van der Waals surface area contributed by atoms with E-state index in [0.717, 1.165) is 26.9 Å². The number of hydrogen-bond donors (Lipinski definition) is 2. The van der Waals surface area contributed by atoms with E-state index in [2.05, 4.69) is 31.2 Å². The first-order valence-corrected chi connectivity index (χ1v) is 16.9. The zero-order chi connectivity index (χ0) is 33.0. The molecule has 1 aliphatic heterocycles. The molecular formula is C36H28N6O4S2. The predicted molar refractivity (Wildman–Crippen MR) is 186 cm³/mol. The summed E-state index contributed by atoms with van der Waals surface area (Å²) in [5.41, 5.74) is 5.41. The van der Waals surface area contributed by atoms with Gasteiger partial charge in [-0.15, -0.1) is 11.3 Å². The fraction of sp³-hybridized carbons (Fsp3) is 0.167. The number of carbonyl (C=O) groups is 2. The van der Waals surface area contributed by atoms with E-state index < -0.39 is 5.97 Å². The highest BCUT2D eigenvalue weighted by molar-refractivity contribution is 7.22. The number of aromatic carboxylic acids is 1. The Morgan fingerprint density at radius 1 is 1.00 bits per heavy atom. The summed E-state index contributed by atoms with van der Waals surface area (Å²) >= 11 is 2.81. The van der Waals surface area contributed by atoms with Gasteiger partial charge in [0.25, 0.3) is 5.91 Å². The molecule has 0 saturated carbocycles. The third kappa shape index (κ3) is 6.46. The summed E-state index contributed by atoms with van der Waals surface area (Å²) in [4.78, 5) is 41.7. The number of pyridine rings is 1. The topological polar surface area (TPSA) is 141 Å². The van der Waals surface area contributed by atoms with E-state index in [-0.39, 0.29) is 11.6 Å². The van der Waals surface area contributed by atoms with Crippen LogP contribution >= 0.6 is 22.7 Å². The van der Waals surface area contributed by atoms with Crippen LogP contribution in [0.4, 0.5) is 10.3 Å². The number of rotatable bonds is 10. The Morgan fingerprint density at radius 3 is 2.67 bits per heavy atom. The van der Waals surface area contributed by atoms with Crippen molar-refractivity contribution in [2.24, 2.45) is 0 Å². The van der Waals surface area contributed by atoms with Crippen LogP contribution in [0.25, 0.3) is 21.5 Å². The Labute approximate surface area is 283 Å². The van der Waals surface area contributed by atoms with Gasteiger partial charge in [0.2, 0.25) is 0 Å². The summed E-state index contributed by atoms with van der Waals surface area (Å²) in [5.74, 6) is -0.618. The Morgan fingerprint density at radius 2 is 1.85 bits per heavy atom. The lowest BCUT2D eigenvalue weighted by atomic mass is 9.94. The molecule has 1 amide bonds. The molecule has 7 rings (SSSR count). The SMILES string of the molecule is N#Cc1cccnc1-c1ccc(OCCCc2sc(N3CCc4cccc(C(=O)Nc5nc6ccccc6s5)c4C3)nc2C(=O)O)cc1. The van der Waals surface area contributed by atoms with Gasteiger partial charge in [0.05, 0.1) is 28.1 Å². The molecule has 0 bridgehead atoms. The molecule has 3 aromatic carbocycles. The number of aryl methyl sites for hydroxylation is 1. The summed E-state index contributed by atoms with van der Waals surface area (Å²) in [5, 5.41) is 23.4. The molecule has 0 aliphatic carbocycles. The first kappa shape index (κ1) is 31.0. The highest BCUT2D eigenvalue weighted by atomic mass is 32.1. The van der Waals surface area contributed by atoms with Gasteiger partial charge in [-0.05, 0) is 85.0 Å². The van der Waals surface area contributed by atoms with Crippen molar-refractivity contribution in [1.82, 2.24) is 15.0 Å². The summed E-state index contributed by atoms with van der Waals surface area (Å²) in [7, 11) is 0. The molecule has 1 aliphatic rings. The van der Waals surface area contributed by atoms with Crippen molar-refractivity contribution < 1.29 is 19.4 Å². The number of ether oxygens (including phenoxy) is 1. The molecule has 238 valence electrons. The van der Waals surface area contributed by atoms with Crippen LogP contribution in [-0.2, 0) is 19.4 Å². The van der Waals surface area contributed by atoms with E-state index in [1.54, 1.807) is 18.3 Å². The van der Waals surface area contributed by atoms with E-state index in [4.69, 9.17) is 4.74 Å². The van der Waals surface area contributed by atoms with Crippen molar-refractivity contribution in [3.8, 4) is 23.1 Å². The van der Waals surface area contributed by atoms with Crippen LogP contribution in [0.5, 0.6) is 5.75 Å². The van der Waals surface area contributed by atoms with Crippen LogP contribution in [-0.4, -0.2) is 45.1 Å². The number of nitrogens with one attached hydrogen (secondary N) is 1. The number of carboxylic acids is 1. The van der Waals surface area contributed by atoms with E-state index in [1.165, 1.54) is 22.7 Å². The second-order valence-corrected chi connectivity index (χ2v) is 13.2. The largest absolute Gasteiger partial charge is 0.494 e. The van der Waals surface area contributed by atoms with Gasteiger partial charge in [-0.1, -0.05) is 35.6 Å². The molecule has 6 aromatic rings. The van der Waals surface area contributed by atoms with Gasteiger partial charge in [0.15, 0.2) is 16.0 Å². The van der Waals surface area contributed by atoms with Gasteiger partial charge >= 0.3 is 5.97 Å². The molecule has 12 heteroatoms. The van der Waals surface area contributed by atoms with Gasteiger partial charge in [-0.3, -0.25) is 15.1 Å². The zero-order valence-corrected chi connectivity index (χ0v) is 27.2.